The molecule has 0 aliphatic carbocycles. The zero-order valence-corrected chi connectivity index (χ0v) is 7.87. The van der Waals surface area contributed by atoms with E-state index in [-0.39, 0.29) is 43.5 Å². The number of pyridine rings is 1. The molecule has 0 bridgehead atoms. The second-order valence-electron chi connectivity index (χ2n) is 2.39. The van der Waals surface area contributed by atoms with Gasteiger partial charge in [0.05, 0.1) is 0 Å². The van der Waals surface area contributed by atoms with Crippen LogP contribution in [0, 0.1) is 0 Å². The molecule has 0 atom stereocenters. The molecule has 0 saturated carbocycles. The number of hydrogen-bond acceptors (Lipinski definition) is 1. The van der Waals surface area contributed by atoms with Crippen LogP contribution in [0.4, 0.5) is 0 Å². The fourth-order valence-corrected chi connectivity index (χ4v) is 1.12. The molecule has 1 aromatic heterocycles. The van der Waals surface area contributed by atoms with Crippen LogP contribution in [0.5, 0.6) is 5.75 Å². The minimum absolute atomic E-state index is 0. The van der Waals surface area contributed by atoms with E-state index in [1.54, 1.807) is 18.3 Å². The Morgan fingerprint density at radius 2 is 1.69 bits per heavy atom. The molecule has 2 aromatic rings. The van der Waals surface area contributed by atoms with Crippen LogP contribution in [0.2, 0.25) is 0 Å². The number of nitrogens with one attached hydrogen (secondary N) is 1. The third-order valence-electron chi connectivity index (χ3n) is 1.66. The van der Waals surface area contributed by atoms with E-state index in [9.17, 15) is 5.11 Å². The van der Waals surface area contributed by atoms with E-state index in [2.05, 4.69) is 4.98 Å². The topological polar surface area (TPSA) is 37.2 Å². The Morgan fingerprint density at radius 3 is 2.38 bits per heavy atom. The minimum Gasteiger partial charge on any atom is -0.868 e. The van der Waals surface area contributed by atoms with Crippen molar-refractivity contribution in [3.05, 3.63) is 36.5 Å². The van der Waals surface area contributed by atoms with Gasteiger partial charge in [-0.05, 0) is 17.9 Å². The van der Waals surface area contributed by atoms with Gasteiger partial charge in [-0.25, -0.2) is 4.98 Å². The molecule has 2 nitrogen and oxygen atoms in total. The van der Waals surface area contributed by atoms with E-state index in [1.807, 2.05) is 18.2 Å². The number of fused-ring (bicyclic) bond motifs is 1. The van der Waals surface area contributed by atoms with Crippen molar-refractivity contribution in [1.82, 2.24) is 0 Å². The van der Waals surface area contributed by atoms with Gasteiger partial charge in [-0.2, -0.15) is 0 Å². The molecule has 0 amide bonds. The van der Waals surface area contributed by atoms with Crippen LogP contribution < -0.4 is 47.8 Å². The standard InChI is InChI=1S/C9H7NO.2Li/c11-8-5-1-3-7-4-2-6-10-9(7)8;;/h1-6,11H;;/q;2*+1. The van der Waals surface area contributed by atoms with Gasteiger partial charge in [0.2, 0.25) is 5.52 Å². The molecule has 0 aliphatic rings. The van der Waals surface area contributed by atoms with Gasteiger partial charge in [-0.1, -0.05) is 12.1 Å². The van der Waals surface area contributed by atoms with Crippen molar-refractivity contribution >= 4 is 10.9 Å². The first-order chi connectivity index (χ1) is 5.38. The smallest absolute Gasteiger partial charge is 0.868 e. The summed E-state index contributed by atoms with van der Waals surface area (Å²) in [5.74, 6) is 0.0445. The first-order valence-corrected chi connectivity index (χ1v) is 3.44. The predicted molar refractivity (Wildman–Crippen MR) is 39.9 cm³/mol. The molecular weight excluding hydrogens is 152 g/mol. The van der Waals surface area contributed by atoms with Crippen molar-refractivity contribution in [2.75, 3.05) is 0 Å². The van der Waals surface area contributed by atoms with Crippen molar-refractivity contribution < 1.29 is 47.8 Å². The Morgan fingerprint density at radius 1 is 1.00 bits per heavy atom. The van der Waals surface area contributed by atoms with Crippen LogP contribution in [0.1, 0.15) is 0 Å². The molecule has 0 spiro atoms. The molecule has 0 saturated heterocycles. The fraction of sp³-hybridized carbons (Fsp3) is 0. The second-order valence-corrected chi connectivity index (χ2v) is 2.39. The fourth-order valence-electron chi connectivity index (χ4n) is 1.12. The van der Waals surface area contributed by atoms with Crippen LogP contribution >= 0.6 is 0 Å². The summed E-state index contributed by atoms with van der Waals surface area (Å²) in [6.07, 6.45) is 1.75. The average molecular weight is 159 g/mol. The predicted octanol–water partition coefficient (Wildman–Crippen LogP) is -5.26. The number of para-hydroxylation sites is 1. The quantitative estimate of drug-likeness (QED) is 0.354. The van der Waals surface area contributed by atoms with E-state index < -0.39 is 0 Å². The zero-order chi connectivity index (χ0) is 7.68. The van der Waals surface area contributed by atoms with Gasteiger partial charge in [0.25, 0.3) is 0 Å². The van der Waals surface area contributed by atoms with Crippen LogP contribution in [0.15, 0.2) is 36.5 Å². The third kappa shape index (κ3) is 2.53. The maximum Gasteiger partial charge on any atom is 1.00 e. The molecule has 0 aliphatic heterocycles. The summed E-state index contributed by atoms with van der Waals surface area (Å²) >= 11 is 0. The zero-order valence-electron chi connectivity index (χ0n) is 7.87. The van der Waals surface area contributed by atoms with Gasteiger partial charge in [0.1, 0.15) is 0 Å². The summed E-state index contributed by atoms with van der Waals surface area (Å²) in [6.45, 7) is 0. The molecule has 0 unspecified atom stereocenters. The monoisotopic (exact) mass is 159 g/mol. The van der Waals surface area contributed by atoms with Crippen molar-refractivity contribution in [2.45, 2.75) is 0 Å². The summed E-state index contributed by atoms with van der Waals surface area (Å²) in [5.41, 5.74) is 0.676. The Labute approximate surface area is 101 Å². The van der Waals surface area contributed by atoms with E-state index in [0.717, 1.165) is 5.39 Å². The van der Waals surface area contributed by atoms with Gasteiger partial charge in [0.15, 0.2) is 6.20 Å². The normalized spacial score (nSPS) is 8.62. The molecule has 1 N–H and O–H groups in total. The Hall–Kier alpha value is -0.375. The molecule has 4 heteroatoms. The van der Waals surface area contributed by atoms with Gasteiger partial charge in [-0.15, -0.1) is 0 Å². The van der Waals surface area contributed by atoms with Crippen LogP contribution in [-0.4, -0.2) is 0 Å². The van der Waals surface area contributed by atoms with E-state index >= 15 is 0 Å². The molecule has 1 heterocycles. The number of hydrogen-bond donors (Lipinski definition) is 0. The van der Waals surface area contributed by atoms with Crippen LogP contribution in [-0.2, 0) is 0 Å². The summed E-state index contributed by atoms with van der Waals surface area (Å²) in [4.78, 5) is 2.91. The first kappa shape index (κ1) is 12.6. The molecule has 54 valence electrons. The molecule has 2 rings (SSSR count). The summed E-state index contributed by atoms with van der Waals surface area (Å²) in [5, 5.41) is 12.1. The van der Waals surface area contributed by atoms with E-state index in [4.69, 9.17) is 0 Å². The van der Waals surface area contributed by atoms with Crippen molar-refractivity contribution in [1.29, 1.82) is 0 Å². The average Bonchev–Trinajstić information content (AvgIpc) is 2.06. The second kappa shape index (κ2) is 5.38. The van der Waals surface area contributed by atoms with Gasteiger partial charge < -0.3 is 5.11 Å². The first-order valence-electron chi connectivity index (χ1n) is 3.44. The molecule has 1 aromatic carbocycles. The van der Waals surface area contributed by atoms with Crippen molar-refractivity contribution in [2.24, 2.45) is 0 Å². The van der Waals surface area contributed by atoms with Crippen molar-refractivity contribution in [3.63, 3.8) is 0 Å². The molecular formula is C9H7Li2NO+2. The number of aromatic nitrogens is 1. The summed E-state index contributed by atoms with van der Waals surface area (Å²) in [6, 6.07) is 9.01. The molecule has 0 radical (unpaired) electrons. The van der Waals surface area contributed by atoms with E-state index in [0.29, 0.717) is 5.52 Å². The Bertz CT molecular complexity index is 387. The van der Waals surface area contributed by atoms with E-state index in [1.165, 1.54) is 0 Å². The number of rotatable bonds is 0. The summed E-state index contributed by atoms with van der Waals surface area (Å²) in [7, 11) is 0. The third-order valence-corrected chi connectivity index (χ3v) is 1.66. The summed E-state index contributed by atoms with van der Waals surface area (Å²) < 4.78 is 0. The van der Waals surface area contributed by atoms with Gasteiger partial charge in [-0.3, -0.25) is 0 Å². The Kier molecular flexibility index (Phi) is 5.22. The van der Waals surface area contributed by atoms with Gasteiger partial charge in [0, 0.05) is 11.5 Å². The van der Waals surface area contributed by atoms with Crippen LogP contribution in [0.3, 0.4) is 0 Å². The number of H-pyrrole nitrogens is 1. The Balaban J connectivity index is 0.000000720. The number of benzene rings is 1. The molecule has 13 heavy (non-hydrogen) atoms. The number of aromatic amines is 1. The SMILES string of the molecule is [Li+].[Li+].[O-]c1cccc2ccc[nH+]c12. The van der Waals surface area contributed by atoms with Crippen LogP contribution in [0.25, 0.3) is 10.9 Å². The van der Waals surface area contributed by atoms with Gasteiger partial charge >= 0.3 is 37.7 Å². The van der Waals surface area contributed by atoms with Crippen molar-refractivity contribution in [3.8, 4) is 5.75 Å². The maximum absolute atomic E-state index is 11.1. The maximum atomic E-state index is 11.1. The minimum atomic E-state index is 0. The molecule has 0 fully saturated rings. The largest absolute Gasteiger partial charge is 1.00 e.